The SMILES string of the molecule is COC(=O)N1CCc2c(nc(C)n2C2C[C@H]3CC[C@H](C2)N3CCCN(C(=O)Nc2ccc(C(F)(F)F)cc2)c2ccccc2)C1. The fraction of sp³-hybridized carbons (Fsp3) is 0.485. The van der Waals surface area contributed by atoms with E-state index in [1.165, 1.54) is 24.9 Å². The molecule has 1 N–H and O–H groups in total. The van der Waals surface area contributed by atoms with Crippen molar-refractivity contribution in [2.75, 3.05) is 37.0 Å². The number of amides is 3. The average molecular weight is 625 g/mol. The molecule has 2 saturated heterocycles. The molecule has 3 aliphatic rings. The fourth-order valence-electron chi connectivity index (χ4n) is 7.43. The van der Waals surface area contributed by atoms with Gasteiger partial charge in [0, 0.05) is 61.2 Å². The Hall–Kier alpha value is -4.06. The molecule has 3 aromatic rings. The lowest BCUT2D eigenvalue weighted by Gasteiger charge is -2.41. The minimum atomic E-state index is -4.43. The zero-order chi connectivity index (χ0) is 31.7. The number of nitrogens with one attached hydrogen (secondary N) is 1. The molecule has 4 heterocycles. The Balaban J connectivity index is 1.09. The molecular formula is C33H39F3N6O3. The molecule has 3 amide bonds. The predicted octanol–water partition coefficient (Wildman–Crippen LogP) is 6.63. The monoisotopic (exact) mass is 624 g/mol. The number of urea groups is 1. The van der Waals surface area contributed by atoms with E-state index in [9.17, 15) is 22.8 Å². The largest absolute Gasteiger partial charge is 0.453 e. The number of alkyl halides is 3. The Morgan fingerprint density at radius 1 is 1.02 bits per heavy atom. The normalized spacial score (nSPS) is 21.4. The number of rotatable bonds is 7. The Morgan fingerprint density at radius 2 is 1.71 bits per heavy atom. The highest BCUT2D eigenvalue weighted by Gasteiger charge is 2.42. The number of methoxy groups -OCH3 is 1. The average Bonchev–Trinajstić information content (AvgIpc) is 3.48. The summed E-state index contributed by atoms with van der Waals surface area (Å²) in [6.07, 6.45) is 1.14. The number of aryl methyl sites for hydroxylation is 1. The fourth-order valence-corrected chi connectivity index (χ4v) is 7.43. The highest BCUT2D eigenvalue weighted by atomic mass is 19.4. The Morgan fingerprint density at radius 3 is 2.36 bits per heavy atom. The number of anilines is 2. The summed E-state index contributed by atoms with van der Waals surface area (Å²) in [6.45, 7) is 4.49. The van der Waals surface area contributed by atoms with Crippen LogP contribution in [0.15, 0.2) is 54.6 Å². The van der Waals surface area contributed by atoms with Gasteiger partial charge in [-0.25, -0.2) is 14.6 Å². The van der Waals surface area contributed by atoms with Crippen molar-refractivity contribution < 1.29 is 27.5 Å². The number of para-hydroxylation sites is 1. The van der Waals surface area contributed by atoms with Crippen molar-refractivity contribution in [3.63, 3.8) is 0 Å². The summed E-state index contributed by atoms with van der Waals surface area (Å²) >= 11 is 0. The van der Waals surface area contributed by atoms with Gasteiger partial charge in [-0.2, -0.15) is 13.2 Å². The van der Waals surface area contributed by atoms with Crippen LogP contribution >= 0.6 is 0 Å². The third-order valence-corrected chi connectivity index (χ3v) is 9.46. The number of halogens is 3. The second-order valence-corrected chi connectivity index (χ2v) is 12.2. The van der Waals surface area contributed by atoms with E-state index in [0.717, 1.165) is 74.4 Å². The molecule has 2 bridgehead atoms. The molecule has 0 radical (unpaired) electrons. The van der Waals surface area contributed by atoms with Crippen LogP contribution in [0, 0.1) is 6.92 Å². The second-order valence-electron chi connectivity index (χ2n) is 12.2. The molecule has 6 rings (SSSR count). The van der Waals surface area contributed by atoms with Crippen LogP contribution < -0.4 is 10.2 Å². The Bertz CT molecular complexity index is 1500. The summed E-state index contributed by atoms with van der Waals surface area (Å²) in [5, 5.41) is 2.77. The van der Waals surface area contributed by atoms with Gasteiger partial charge in [0.1, 0.15) is 5.82 Å². The third kappa shape index (κ3) is 6.51. The number of ether oxygens (including phenoxy) is 1. The van der Waals surface area contributed by atoms with Crippen molar-refractivity contribution in [3.05, 3.63) is 77.4 Å². The first-order valence-electron chi connectivity index (χ1n) is 15.6. The van der Waals surface area contributed by atoms with E-state index in [1.54, 1.807) is 9.80 Å². The van der Waals surface area contributed by atoms with Gasteiger partial charge in [0.05, 0.1) is 24.9 Å². The number of hydrogen-bond donors (Lipinski definition) is 1. The van der Waals surface area contributed by atoms with E-state index in [2.05, 4.69) is 21.7 Å². The van der Waals surface area contributed by atoms with E-state index < -0.39 is 11.7 Å². The van der Waals surface area contributed by atoms with Crippen molar-refractivity contribution in [3.8, 4) is 0 Å². The van der Waals surface area contributed by atoms with Gasteiger partial charge >= 0.3 is 18.3 Å². The molecule has 0 aliphatic carbocycles. The van der Waals surface area contributed by atoms with Crippen molar-refractivity contribution in [1.29, 1.82) is 0 Å². The van der Waals surface area contributed by atoms with Crippen LogP contribution in [0.25, 0.3) is 0 Å². The van der Waals surface area contributed by atoms with E-state index in [1.807, 2.05) is 30.3 Å². The predicted molar refractivity (Wildman–Crippen MR) is 164 cm³/mol. The van der Waals surface area contributed by atoms with Crippen molar-refractivity contribution in [2.24, 2.45) is 0 Å². The van der Waals surface area contributed by atoms with E-state index in [4.69, 9.17) is 9.72 Å². The maximum absolute atomic E-state index is 13.4. The molecule has 2 fully saturated rings. The lowest BCUT2D eigenvalue weighted by atomic mass is 9.95. The molecule has 12 heteroatoms. The first-order chi connectivity index (χ1) is 21.6. The summed E-state index contributed by atoms with van der Waals surface area (Å²) in [7, 11) is 1.41. The number of aromatic nitrogens is 2. The molecule has 9 nitrogen and oxygen atoms in total. The van der Waals surface area contributed by atoms with Crippen LogP contribution in [0.3, 0.4) is 0 Å². The Labute approximate surface area is 260 Å². The zero-order valence-electron chi connectivity index (χ0n) is 25.6. The van der Waals surface area contributed by atoms with E-state index in [-0.39, 0.29) is 12.1 Å². The molecule has 2 aromatic carbocycles. The smallest absolute Gasteiger partial charge is 0.416 e. The second kappa shape index (κ2) is 12.7. The van der Waals surface area contributed by atoms with E-state index >= 15 is 0 Å². The van der Waals surface area contributed by atoms with Gasteiger partial charge in [-0.1, -0.05) is 18.2 Å². The maximum atomic E-state index is 13.4. The highest BCUT2D eigenvalue weighted by molar-refractivity contribution is 6.01. The molecule has 240 valence electrons. The minimum Gasteiger partial charge on any atom is -0.453 e. The zero-order valence-corrected chi connectivity index (χ0v) is 25.6. The summed E-state index contributed by atoms with van der Waals surface area (Å²) in [4.78, 5) is 36.2. The van der Waals surface area contributed by atoms with Crippen LogP contribution in [-0.2, 0) is 23.9 Å². The lowest BCUT2D eigenvalue weighted by molar-refractivity contribution is -0.137. The first-order valence-corrected chi connectivity index (χ1v) is 15.6. The molecule has 0 unspecified atom stereocenters. The summed E-state index contributed by atoms with van der Waals surface area (Å²) in [6, 6.07) is 14.7. The van der Waals surface area contributed by atoms with Gasteiger partial charge in [-0.05, 0) is 75.4 Å². The van der Waals surface area contributed by atoms with E-state index in [0.29, 0.717) is 43.4 Å². The molecule has 3 aliphatic heterocycles. The molecule has 0 spiro atoms. The topological polar surface area (TPSA) is 82.9 Å². The molecular weight excluding hydrogens is 585 g/mol. The van der Waals surface area contributed by atoms with Gasteiger partial charge in [-0.3, -0.25) is 9.80 Å². The first kappa shape index (κ1) is 30.9. The number of piperidine rings is 1. The number of hydrogen-bond acceptors (Lipinski definition) is 5. The van der Waals surface area contributed by atoms with Crippen LogP contribution in [0.1, 0.15) is 60.9 Å². The standard InChI is InChI=1S/C33H39F3N6O3/c1-22-37-29-21-39(32(44)45-2)18-15-30(29)42(22)28-19-26-13-14-27(20-28)40(26)16-6-17-41(25-7-4-3-5-8-25)31(43)38-24-11-9-23(10-12-24)33(34,35)36/h3-5,7-12,26-28H,6,13-21H2,1-2H3,(H,38,43)/t26-,27-/m1/s1. The van der Waals surface area contributed by atoms with Gasteiger partial charge in [0.2, 0.25) is 0 Å². The highest BCUT2D eigenvalue weighted by Crippen LogP contribution is 2.42. The van der Waals surface area contributed by atoms with Crippen molar-refractivity contribution in [2.45, 2.75) is 76.3 Å². The minimum absolute atomic E-state index is 0.309. The van der Waals surface area contributed by atoms with Crippen LogP contribution in [0.4, 0.5) is 34.1 Å². The molecule has 2 atom stereocenters. The number of fused-ring (bicyclic) bond motifs is 3. The summed E-state index contributed by atoms with van der Waals surface area (Å²) in [5.41, 5.74) is 2.49. The van der Waals surface area contributed by atoms with Crippen LogP contribution in [0.5, 0.6) is 0 Å². The van der Waals surface area contributed by atoms with Gasteiger partial charge in [-0.15, -0.1) is 0 Å². The van der Waals surface area contributed by atoms with Crippen LogP contribution in [-0.4, -0.2) is 70.3 Å². The third-order valence-electron chi connectivity index (χ3n) is 9.46. The number of benzene rings is 2. The van der Waals surface area contributed by atoms with Gasteiger partial charge in [0.15, 0.2) is 0 Å². The number of imidazole rings is 1. The lowest BCUT2D eigenvalue weighted by Crippen LogP contribution is -2.45. The number of nitrogens with zero attached hydrogens (tertiary/aromatic N) is 5. The number of carbonyl (C=O) groups excluding carboxylic acids is 2. The van der Waals surface area contributed by atoms with Crippen LogP contribution in [0.2, 0.25) is 0 Å². The van der Waals surface area contributed by atoms with Crippen molar-refractivity contribution in [1.82, 2.24) is 19.4 Å². The molecule has 45 heavy (non-hydrogen) atoms. The number of carbonyl (C=O) groups is 2. The maximum Gasteiger partial charge on any atom is 0.416 e. The van der Waals surface area contributed by atoms with Gasteiger partial charge < -0.3 is 19.5 Å². The summed E-state index contributed by atoms with van der Waals surface area (Å²) < 4.78 is 46.3. The quantitative estimate of drug-likeness (QED) is 0.319. The molecule has 0 saturated carbocycles. The van der Waals surface area contributed by atoms with Gasteiger partial charge in [0.25, 0.3) is 0 Å². The Kier molecular flexibility index (Phi) is 8.76. The summed E-state index contributed by atoms with van der Waals surface area (Å²) in [5.74, 6) is 1.00. The molecule has 1 aromatic heterocycles. The van der Waals surface area contributed by atoms with Crippen molar-refractivity contribution >= 4 is 23.5 Å².